The summed E-state index contributed by atoms with van der Waals surface area (Å²) < 4.78 is 0. The van der Waals surface area contributed by atoms with E-state index in [1.807, 2.05) is 0 Å². The van der Waals surface area contributed by atoms with Crippen LogP contribution < -0.4 is 5.32 Å². The molecule has 1 aromatic heterocycles. The lowest BCUT2D eigenvalue weighted by atomic mass is 9.79. The number of hydrogen-bond donors (Lipinski definition) is 1. The fourth-order valence-corrected chi connectivity index (χ4v) is 3.00. The number of aromatic nitrogens is 1. The normalized spacial score (nSPS) is 17.1. The molecule has 1 aromatic carbocycles. The fourth-order valence-electron chi connectivity index (χ4n) is 3.00. The summed E-state index contributed by atoms with van der Waals surface area (Å²) in [6, 6.07) is 11.2. The van der Waals surface area contributed by atoms with Crippen molar-refractivity contribution in [2.75, 3.05) is 6.54 Å². The molecule has 2 aromatic rings. The first-order valence-corrected chi connectivity index (χ1v) is 7.95. The van der Waals surface area contributed by atoms with Gasteiger partial charge in [0, 0.05) is 17.6 Å². The van der Waals surface area contributed by atoms with Gasteiger partial charge < -0.3 is 5.32 Å². The number of nitrogens with zero attached hydrogens (tertiary/aromatic N) is 1. The molecule has 1 heterocycles. The summed E-state index contributed by atoms with van der Waals surface area (Å²) in [5, 5.41) is 4.96. The van der Waals surface area contributed by atoms with Crippen LogP contribution in [0, 0.1) is 5.92 Å². The highest BCUT2D eigenvalue weighted by Crippen LogP contribution is 2.35. The Balaban J connectivity index is 1.82. The molecule has 3 rings (SSSR count). The van der Waals surface area contributed by atoms with E-state index in [2.05, 4.69) is 53.8 Å². The summed E-state index contributed by atoms with van der Waals surface area (Å²) >= 11 is 0. The number of para-hydroxylation sites is 1. The molecule has 2 nitrogen and oxygen atoms in total. The molecule has 0 aliphatic heterocycles. The van der Waals surface area contributed by atoms with Gasteiger partial charge in [-0.05, 0) is 43.0 Å². The molecule has 1 aliphatic rings. The van der Waals surface area contributed by atoms with Crippen molar-refractivity contribution in [1.82, 2.24) is 10.3 Å². The highest BCUT2D eigenvalue weighted by molar-refractivity contribution is 5.78. The van der Waals surface area contributed by atoms with E-state index >= 15 is 0 Å². The number of hydrogen-bond acceptors (Lipinski definition) is 2. The standard InChI is InChI=1S/C18H24N2/c1-2-10-19-18(11-14-6-5-7-14)16-12-15-8-3-4-9-17(15)20-13-16/h3-4,8-9,12-14,18-19H,2,5-7,10-11H2,1H3. The van der Waals surface area contributed by atoms with E-state index in [4.69, 9.17) is 0 Å². The molecule has 1 atom stereocenters. The van der Waals surface area contributed by atoms with E-state index in [-0.39, 0.29) is 0 Å². The summed E-state index contributed by atoms with van der Waals surface area (Å²) in [5.74, 6) is 0.913. The number of nitrogens with one attached hydrogen (secondary N) is 1. The molecule has 1 N–H and O–H groups in total. The predicted molar refractivity (Wildman–Crippen MR) is 84.7 cm³/mol. The molecule has 0 radical (unpaired) electrons. The van der Waals surface area contributed by atoms with Crippen LogP contribution in [0.15, 0.2) is 36.5 Å². The third kappa shape index (κ3) is 3.01. The average molecular weight is 268 g/mol. The van der Waals surface area contributed by atoms with Crippen molar-refractivity contribution in [3.8, 4) is 0 Å². The van der Waals surface area contributed by atoms with Gasteiger partial charge in [-0.25, -0.2) is 0 Å². The SMILES string of the molecule is CCCNC(CC1CCC1)c1cnc2ccccc2c1. The van der Waals surface area contributed by atoms with E-state index in [0.717, 1.165) is 18.0 Å². The van der Waals surface area contributed by atoms with Gasteiger partial charge in [0.1, 0.15) is 0 Å². The minimum Gasteiger partial charge on any atom is -0.310 e. The Labute approximate surface area is 121 Å². The lowest BCUT2D eigenvalue weighted by molar-refractivity contribution is 0.261. The lowest BCUT2D eigenvalue weighted by Crippen LogP contribution is -2.26. The van der Waals surface area contributed by atoms with Gasteiger partial charge in [0.15, 0.2) is 0 Å². The van der Waals surface area contributed by atoms with Crippen LogP contribution in [0.1, 0.15) is 50.6 Å². The third-order valence-electron chi connectivity index (χ3n) is 4.45. The van der Waals surface area contributed by atoms with Gasteiger partial charge in [0.2, 0.25) is 0 Å². The molecule has 1 fully saturated rings. The number of fused-ring (bicyclic) bond motifs is 1. The monoisotopic (exact) mass is 268 g/mol. The van der Waals surface area contributed by atoms with Crippen molar-refractivity contribution < 1.29 is 0 Å². The van der Waals surface area contributed by atoms with Gasteiger partial charge >= 0.3 is 0 Å². The van der Waals surface area contributed by atoms with Crippen LogP contribution in [0.4, 0.5) is 0 Å². The summed E-state index contributed by atoms with van der Waals surface area (Å²) in [7, 11) is 0. The number of pyridine rings is 1. The van der Waals surface area contributed by atoms with Gasteiger partial charge in [0.25, 0.3) is 0 Å². The molecular weight excluding hydrogens is 244 g/mol. The Morgan fingerprint density at radius 3 is 2.90 bits per heavy atom. The smallest absolute Gasteiger partial charge is 0.0702 e. The molecule has 106 valence electrons. The van der Waals surface area contributed by atoms with Gasteiger partial charge in [-0.15, -0.1) is 0 Å². The van der Waals surface area contributed by atoms with Crippen LogP contribution in [0.25, 0.3) is 10.9 Å². The zero-order valence-electron chi connectivity index (χ0n) is 12.3. The van der Waals surface area contributed by atoms with Crippen LogP contribution in [0.5, 0.6) is 0 Å². The van der Waals surface area contributed by atoms with E-state index in [1.54, 1.807) is 0 Å². The third-order valence-corrected chi connectivity index (χ3v) is 4.45. The van der Waals surface area contributed by atoms with Crippen molar-refractivity contribution >= 4 is 10.9 Å². The Hall–Kier alpha value is -1.41. The molecule has 20 heavy (non-hydrogen) atoms. The summed E-state index contributed by atoms with van der Waals surface area (Å²) in [6.07, 6.45) is 8.74. The predicted octanol–water partition coefficient (Wildman–Crippen LogP) is 4.47. The maximum Gasteiger partial charge on any atom is 0.0702 e. The molecule has 2 heteroatoms. The van der Waals surface area contributed by atoms with Gasteiger partial charge in [-0.3, -0.25) is 4.98 Å². The Kier molecular flexibility index (Phi) is 4.31. The maximum absolute atomic E-state index is 4.62. The van der Waals surface area contributed by atoms with Crippen LogP contribution in [0.2, 0.25) is 0 Å². The van der Waals surface area contributed by atoms with E-state index in [1.165, 1.54) is 43.1 Å². The zero-order valence-corrected chi connectivity index (χ0v) is 12.3. The van der Waals surface area contributed by atoms with Crippen LogP contribution >= 0.6 is 0 Å². The first kappa shape index (κ1) is 13.6. The van der Waals surface area contributed by atoms with Crippen molar-refractivity contribution in [3.05, 3.63) is 42.1 Å². The Morgan fingerprint density at radius 2 is 2.15 bits per heavy atom. The van der Waals surface area contributed by atoms with Crippen molar-refractivity contribution in [3.63, 3.8) is 0 Å². The molecule has 1 saturated carbocycles. The van der Waals surface area contributed by atoms with Crippen LogP contribution in [0.3, 0.4) is 0 Å². The van der Waals surface area contributed by atoms with Gasteiger partial charge in [-0.1, -0.05) is 44.4 Å². The zero-order chi connectivity index (χ0) is 13.8. The Morgan fingerprint density at radius 1 is 1.30 bits per heavy atom. The topological polar surface area (TPSA) is 24.9 Å². The Bertz CT molecular complexity index is 560. The number of rotatable bonds is 6. The average Bonchev–Trinajstić information content (AvgIpc) is 2.45. The van der Waals surface area contributed by atoms with Crippen LogP contribution in [-0.2, 0) is 0 Å². The van der Waals surface area contributed by atoms with Gasteiger partial charge in [0.05, 0.1) is 5.52 Å². The first-order chi connectivity index (χ1) is 9.86. The fraction of sp³-hybridized carbons (Fsp3) is 0.500. The summed E-state index contributed by atoms with van der Waals surface area (Å²) in [6.45, 7) is 3.32. The highest BCUT2D eigenvalue weighted by Gasteiger charge is 2.23. The highest BCUT2D eigenvalue weighted by atomic mass is 14.9. The second-order valence-electron chi connectivity index (χ2n) is 6.00. The second kappa shape index (κ2) is 6.36. The minimum atomic E-state index is 0.470. The lowest BCUT2D eigenvalue weighted by Gasteiger charge is -2.30. The maximum atomic E-state index is 4.62. The molecule has 0 amide bonds. The van der Waals surface area contributed by atoms with Crippen molar-refractivity contribution in [2.45, 2.75) is 45.1 Å². The minimum absolute atomic E-state index is 0.470. The first-order valence-electron chi connectivity index (χ1n) is 7.95. The van der Waals surface area contributed by atoms with E-state index in [9.17, 15) is 0 Å². The van der Waals surface area contributed by atoms with E-state index in [0.29, 0.717) is 6.04 Å². The molecule has 1 unspecified atom stereocenters. The van der Waals surface area contributed by atoms with Crippen molar-refractivity contribution in [2.24, 2.45) is 5.92 Å². The summed E-state index contributed by atoms with van der Waals surface area (Å²) in [5.41, 5.74) is 2.44. The van der Waals surface area contributed by atoms with E-state index < -0.39 is 0 Å². The van der Waals surface area contributed by atoms with Gasteiger partial charge in [-0.2, -0.15) is 0 Å². The largest absolute Gasteiger partial charge is 0.310 e. The molecule has 0 bridgehead atoms. The molecule has 0 spiro atoms. The summed E-state index contributed by atoms with van der Waals surface area (Å²) in [4.78, 5) is 4.62. The van der Waals surface area contributed by atoms with Crippen LogP contribution in [-0.4, -0.2) is 11.5 Å². The second-order valence-corrected chi connectivity index (χ2v) is 6.00. The molecule has 1 aliphatic carbocycles. The number of benzene rings is 1. The van der Waals surface area contributed by atoms with Crippen molar-refractivity contribution in [1.29, 1.82) is 0 Å². The molecule has 0 saturated heterocycles. The molecular formula is C18H24N2. The quantitative estimate of drug-likeness (QED) is 0.836.